The van der Waals surface area contributed by atoms with E-state index in [9.17, 15) is 4.79 Å². The molecule has 1 fully saturated rings. The maximum Gasteiger partial charge on any atom is 0.238 e. The molecule has 1 aliphatic rings. The monoisotopic (exact) mass is 409 g/mol. The Morgan fingerprint density at radius 1 is 1.23 bits per heavy atom. The molecule has 0 aromatic carbocycles. The molecule has 2 aromatic rings. The summed E-state index contributed by atoms with van der Waals surface area (Å²) in [4.78, 5) is 28.9. The predicted octanol–water partition coefficient (Wildman–Crippen LogP) is 1.18. The van der Waals surface area contributed by atoms with E-state index >= 15 is 0 Å². The van der Waals surface area contributed by atoms with Crippen molar-refractivity contribution in [1.82, 2.24) is 25.2 Å². The molecule has 30 heavy (non-hydrogen) atoms. The smallest absolute Gasteiger partial charge is 0.238 e. The predicted molar refractivity (Wildman–Crippen MR) is 116 cm³/mol. The van der Waals surface area contributed by atoms with Gasteiger partial charge in [0.2, 0.25) is 5.91 Å². The van der Waals surface area contributed by atoms with E-state index in [-0.39, 0.29) is 18.1 Å². The Balaban J connectivity index is 1.86. The Labute approximate surface area is 176 Å². The molecule has 2 aromatic heterocycles. The van der Waals surface area contributed by atoms with Crippen molar-refractivity contribution in [3.8, 4) is 6.07 Å². The minimum atomic E-state index is -0.100. The molecule has 0 radical (unpaired) electrons. The van der Waals surface area contributed by atoms with E-state index in [4.69, 9.17) is 5.26 Å². The molecule has 3 heterocycles. The lowest BCUT2D eigenvalue weighted by Gasteiger charge is -2.34. The van der Waals surface area contributed by atoms with Gasteiger partial charge in [-0.1, -0.05) is 0 Å². The van der Waals surface area contributed by atoms with Crippen LogP contribution in [-0.4, -0.2) is 72.6 Å². The van der Waals surface area contributed by atoms with Crippen LogP contribution in [0.15, 0.2) is 24.7 Å². The van der Waals surface area contributed by atoms with E-state index in [1.807, 2.05) is 38.2 Å². The third-order valence-electron chi connectivity index (χ3n) is 4.84. The quantitative estimate of drug-likeness (QED) is 0.618. The van der Waals surface area contributed by atoms with E-state index in [2.05, 4.69) is 35.8 Å². The number of anilines is 4. The number of rotatable bonds is 7. The van der Waals surface area contributed by atoms with Crippen molar-refractivity contribution in [3.63, 3.8) is 0 Å². The van der Waals surface area contributed by atoms with Gasteiger partial charge in [-0.15, -0.1) is 0 Å². The molecule has 10 nitrogen and oxygen atoms in total. The summed E-state index contributed by atoms with van der Waals surface area (Å²) in [6, 6.07) is 4.15. The second-order valence-electron chi connectivity index (χ2n) is 7.51. The van der Waals surface area contributed by atoms with Gasteiger partial charge >= 0.3 is 0 Å². The van der Waals surface area contributed by atoms with Crippen molar-refractivity contribution in [2.24, 2.45) is 0 Å². The van der Waals surface area contributed by atoms with Crippen LogP contribution in [0.25, 0.3) is 0 Å². The molecule has 10 heteroatoms. The molecule has 1 atom stereocenters. The number of aromatic nitrogens is 3. The first kappa shape index (κ1) is 21.4. The molecule has 0 saturated carbocycles. The Hall–Kier alpha value is -3.29. The zero-order valence-corrected chi connectivity index (χ0v) is 17.5. The summed E-state index contributed by atoms with van der Waals surface area (Å²) in [6.45, 7) is 2.19. The van der Waals surface area contributed by atoms with Crippen LogP contribution in [0.5, 0.6) is 0 Å². The van der Waals surface area contributed by atoms with Gasteiger partial charge in [-0.05, 0) is 33.5 Å². The van der Waals surface area contributed by atoms with Crippen molar-refractivity contribution in [1.29, 1.82) is 5.26 Å². The van der Waals surface area contributed by atoms with Crippen molar-refractivity contribution in [2.75, 3.05) is 56.3 Å². The molecule has 0 bridgehead atoms. The lowest BCUT2D eigenvalue weighted by atomic mass is 10.1. The molecule has 1 amide bonds. The largest absolute Gasteiger partial charge is 0.368 e. The van der Waals surface area contributed by atoms with Crippen LogP contribution in [0.4, 0.5) is 23.0 Å². The van der Waals surface area contributed by atoms with E-state index in [1.54, 1.807) is 6.20 Å². The first-order valence-electron chi connectivity index (χ1n) is 9.83. The number of amides is 1. The van der Waals surface area contributed by atoms with Crippen LogP contribution in [0.2, 0.25) is 0 Å². The number of carbonyl (C=O) groups is 1. The summed E-state index contributed by atoms with van der Waals surface area (Å²) in [6.07, 6.45) is 6.71. The Kier molecular flexibility index (Phi) is 7.11. The minimum Gasteiger partial charge on any atom is -0.368 e. The van der Waals surface area contributed by atoms with Gasteiger partial charge in [0.25, 0.3) is 0 Å². The molecule has 1 saturated heterocycles. The van der Waals surface area contributed by atoms with E-state index in [0.29, 0.717) is 23.4 Å². The molecule has 3 N–H and O–H groups in total. The van der Waals surface area contributed by atoms with Gasteiger partial charge in [0.1, 0.15) is 17.7 Å². The van der Waals surface area contributed by atoms with E-state index in [1.165, 1.54) is 12.4 Å². The van der Waals surface area contributed by atoms with Gasteiger partial charge in [0.05, 0.1) is 36.5 Å². The average Bonchev–Trinajstić information content (AvgIpc) is 2.75. The highest BCUT2D eigenvalue weighted by Gasteiger charge is 2.22. The zero-order chi connectivity index (χ0) is 21.5. The number of likely N-dealkylation sites (N-methyl/N-ethyl adjacent to an activating group) is 2. The SMILES string of the molecule is CN(C)CC(=O)Nc1cnc(Nc2cnc(C#N)cn2)cc1N(C)C1CCCNC1. The number of pyridine rings is 1. The standard InChI is InChI=1S/C20H27N9O/c1-28(2)13-20(30)26-16-11-25-18(27-19-12-23-14(8-21)9-24-19)7-17(16)29(3)15-5-4-6-22-10-15/h7,9,11-12,15,22H,4-6,10,13H2,1-3H3,(H,26,30)(H,24,25,27). The maximum absolute atomic E-state index is 12.3. The number of nitriles is 1. The maximum atomic E-state index is 12.3. The number of hydrogen-bond donors (Lipinski definition) is 3. The highest BCUT2D eigenvalue weighted by molar-refractivity contribution is 5.95. The van der Waals surface area contributed by atoms with E-state index in [0.717, 1.165) is 31.6 Å². The second kappa shape index (κ2) is 9.96. The lowest BCUT2D eigenvalue weighted by Crippen LogP contribution is -2.44. The molecular weight excluding hydrogens is 382 g/mol. The topological polar surface area (TPSA) is 122 Å². The zero-order valence-electron chi connectivity index (χ0n) is 17.5. The summed E-state index contributed by atoms with van der Waals surface area (Å²) in [5, 5.41) is 18.4. The van der Waals surface area contributed by atoms with Gasteiger partial charge < -0.3 is 25.8 Å². The molecule has 3 rings (SSSR count). The summed E-state index contributed by atoms with van der Waals surface area (Å²) in [5.41, 5.74) is 1.78. The summed E-state index contributed by atoms with van der Waals surface area (Å²) in [7, 11) is 5.73. The number of carbonyl (C=O) groups excluding carboxylic acids is 1. The molecular formula is C20H27N9O. The normalized spacial score (nSPS) is 16.0. The van der Waals surface area contributed by atoms with Crippen LogP contribution in [0, 0.1) is 11.3 Å². The molecule has 1 aliphatic heterocycles. The van der Waals surface area contributed by atoms with E-state index < -0.39 is 0 Å². The third kappa shape index (κ3) is 5.62. The second-order valence-corrected chi connectivity index (χ2v) is 7.51. The fourth-order valence-electron chi connectivity index (χ4n) is 3.32. The summed E-state index contributed by atoms with van der Waals surface area (Å²) < 4.78 is 0. The Bertz CT molecular complexity index is 901. The van der Waals surface area contributed by atoms with Gasteiger partial charge in [0, 0.05) is 25.7 Å². The Morgan fingerprint density at radius 3 is 2.67 bits per heavy atom. The van der Waals surface area contributed by atoms with Gasteiger partial charge in [-0.3, -0.25) is 4.79 Å². The number of nitrogens with zero attached hydrogens (tertiary/aromatic N) is 6. The van der Waals surface area contributed by atoms with Crippen LogP contribution in [0.3, 0.4) is 0 Å². The van der Waals surface area contributed by atoms with Gasteiger partial charge in [-0.25, -0.2) is 15.0 Å². The third-order valence-corrected chi connectivity index (χ3v) is 4.84. The summed E-state index contributed by atoms with van der Waals surface area (Å²) >= 11 is 0. The van der Waals surface area contributed by atoms with Crippen LogP contribution in [-0.2, 0) is 4.79 Å². The summed E-state index contributed by atoms with van der Waals surface area (Å²) in [5.74, 6) is 0.959. The van der Waals surface area contributed by atoms with Crippen molar-refractivity contribution in [3.05, 3.63) is 30.4 Å². The number of piperidine rings is 1. The first-order chi connectivity index (χ1) is 14.5. The van der Waals surface area contributed by atoms with Crippen LogP contribution >= 0.6 is 0 Å². The number of hydrogen-bond acceptors (Lipinski definition) is 9. The van der Waals surface area contributed by atoms with Crippen molar-refractivity contribution < 1.29 is 4.79 Å². The highest BCUT2D eigenvalue weighted by Crippen LogP contribution is 2.30. The molecule has 158 valence electrons. The Morgan fingerprint density at radius 2 is 2.03 bits per heavy atom. The fourth-order valence-corrected chi connectivity index (χ4v) is 3.32. The number of nitrogens with one attached hydrogen (secondary N) is 3. The van der Waals surface area contributed by atoms with Gasteiger partial charge in [0.15, 0.2) is 5.69 Å². The van der Waals surface area contributed by atoms with Crippen LogP contribution in [0.1, 0.15) is 18.5 Å². The van der Waals surface area contributed by atoms with Crippen molar-refractivity contribution >= 4 is 28.9 Å². The lowest BCUT2D eigenvalue weighted by molar-refractivity contribution is -0.116. The fraction of sp³-hybridized carbons (Fsp3) is 0.450. The van der Waals surface area contributed by atoms with Crippen LogP contribution < -0.4 is 20.9 Å². The average molecular weight is 409 g/mol. The molecule has 0 spiro atoms. The first-order valence-corrected chi connectivity index (χ1v) is 9.83. The molecule has 0 aliphatic carbocycles. The minimum absolute atomic E-state index is 0.100. The highest BCUT2D eigenvalue weighted by atomic mass is 16.2. The molecule has 1 unspecified atom stereocenters. The van der Waals surface area contributed by atoms with Crippen molar-refractivity contribution in [2.45, 2.75) is 18.9 Å². The van der Waals surface area contributed by atoms with Gasteiger partial charge in [-0.2, -0.15) is 5.26 Å².